The van der Waals surface area contributed by atoms with Crippen LogP contribution in [-0.2, 0) is 11.3 Å². The van der Waals surface area contributed by atoms with Gasteiger partial charge in [-0.25, -0.2) is 0 Å². The minimum atomic E-state index is -0.420. The van der Waals surface area contributed by atoms with E-state index in [-0.39, 0.29) is 10.9 Å². The molecule has 5 nitrogen and oxygen atoms in total. The van der Waals surface area contributed by atoms with Gasteiger partial charge in [-0.05, 0) is 6.92 Å². The Labute approximate surface area is 93.6 Å². The molecule has 1 atom stereocenters. The molecule has 0 aliphatic rings. The number of nitrogens with zero attached hydrogens (tertiary/aromatic N) is 2. The second kappa shape index (κ2) is 4.88. The van der Waals surface area contributed by atoms with Gasteiger partial charge in [-0.15, -0.1) is 0 Å². The molecule has 0 saturated carbocycles. The van der Waals surface area contributed by atoms with Crippen LogP contribution in [0, 0.1) is 5.92 Å². The summed E-state index contributed by atoms with van der Waals surface area (Å²) >= 11 is 4.77. The molecule has 0 saturated heterocycles. The maximum absolute atomic E-state index is 11.7. The highest BCUT2D eigenvalue weighted by molar-refractivity contribution is 7.80. The summed E-state index contributed by atoms with van der Waals surface area (Å²) in [5.74, 6) is -0.499. The summed E-state index contributed by atoms with van der Waals surface area (Å²) in [7, 11) is 1.71. The second-order valence-electron chi connectivity index (χ2n) is 3.42. The van der Waals surface area contributed by atoms with Gasteiger partial charge in [0.25, 0.3) is 0 Å². The minimum Gasteiger partial charge on any atom is -0.393 e. The maximum Gasteiger partial charge on any atom is 0.232 e. The Morgan fingerprint density at radius 2 is 2.47 bits per heavy atom. The summed E-state index contributed by atoms with van der Waals surface area (Å²) in [6.07, 6.45) is 3.42. The molecule has 0 aliphatic carbocycles. The average Bonchev–Trinajstić information content (AvgIpc) is 2.67. The Morgan fingerprint density at radius 1 is 1.80 bits per heavy atom. The molecule has 1 aromatic rings. The molecule has 6 heteroatoms. The van der Waals surface area contributed by atoms with Crippen molar-refractivity contribution in [1.29, 1.82) is 0 Å². The molecule has 1 amide bonds. The van der Waals surface area contributed by atoms with Gasteiger partial charge in [0.2, 0.25) is 5.91 Å². The summed E-state index contributed by atoms with van der Waals surface area (Å²) in [6, 6.07) is 0. The lowest BCUT2D eigenvalue weighted by Gasteiger charge is -2.19. The smallest absolute Gasteiger partial charge is 0.232 e. The summed E-state index contributed by atoms with van der Waals surface area (Å²) < 4.78 is 0. The van der Waals surface area contributed by atoms with Crippen LogP contribution in [0.4, 0.5) is 0 Å². The van der Waals surface area contributed by atoms with Crippen LogP contribution in [0.1, 0.15) is 12.5 Å². The van der Waals surface area contributed by atoms with Crippen LogP contribution in [0.2, 0.25) is 0 Å². The van der Waals surface area contributed by atoms with E-state index >= 15 is 0 Å². The van der Waals surface area contributed by atoms with E-state index in [1.54, 1.807) is 31.3 Å². The summed E-state index contributed by atoms with van der Waals surface area (Å²) in [5, 5.41) is 6.49. The number of aromatic amines is 1. The third-order valence-corrected chi connectivity index (χ3v) is 2.50. The molecule has 1 unspecified atom stereocenters. The van der Waals surface area contributed by atoms with Gasteiger partial charge in [0.15, 0.2) is 0 Å². The van der Waals surface area contributed by atoms with Crippen molar-refractivity contribution in [3.63, 3.8) is 0 Å². The number of carbonyl (C=O) groups is 1. The van der Waals surface area contributed by atoms with Gasteiger partial charge in [0, 0.05) is 25.4 Å². The van der Waals surface area contributed by atoms with Crippen molar-refractivity contribution in [2.45, 2.75) is 13.5 Å². The number of aromatic nitrogens is 2. The summed E-state index contributed by atoms with van der Waals surface area (Å²) in [4.78, 5) is 13.5. The fraction of sp³-hybridized carbons (Fsp3) is 0.444. The number of carbonyl (C=O) groups excluding carboxylic acids is 1. The number of nitrogens with two attached hydrogens (primary N) is 1. The van der Waals surface area contributed by atoms with Gasteiger partial charge in [0.05, 0.1) is 17.1 Å². The van der Waals surface area contributed by atoms with E-state index in [1.165, 1.54) is 0 Å². The van der Waals surface area contributed by atoms with Gasteiger partial charge >= 0.3 is 0 Å². The van der Waals surface area contributed by atoms with Crippen LogP contribution in [0.15, 0.2) is 12.4 Å². The van der Waals surface area contributed by atoms with Crippen molar-refractivity contribution >= 4 is 23.1 Å². The molecule has 0 aromatic carbocycles. The van der Waals surface area contributed by atoms with Gasteiger partial charge < -0.3 is 10.6 Å². The number of H-pyrrole nitrogens is 1. The number of rotatable bonds is 4. The third kappa shape index (κ3) is 3.02. The lowest BCUT2D eigenvalue weighted by molar-refractivity contribution is -0.132. The van der Waals surface area contributed by atoms with Crippen LogP contribution >= 0.6 is 12.2 Å². The van der Waals surface area contributed by atoms with Gasteiger partial charge in [-0.2, -0.15) is 5.10 Å². The molecular weight excluding hydrogens is 212 g/mol. The quantitative estimate of drug-likeness (QED) is 0.724. The van der Waals surface area contributed by atoms with E-state index < -0.39 is 5.92 Å². The Morgan fingerprint density at radius 3 is 2.93 bits per heavy atom. The zero-order chi connectivity index (χ0) is 11.4. The third-order valence-electron chi connectivity index (χ3n) is 2.15. The Balaban J connectivity index is 2.57. The fourth-order valence-electron chi connectivity index (χ4n) is 1.17. The molecule has 15 heavy (non-hydrogen) atoms. The minimum absolute atomic E-state index is 0.0799. The van der Waals surface area contributed by atoms with E-state index in [0.29, 0.717) is 6.54 Å². The van der Waals surface area contributed by atoms with Gasteiger partial charge in [0.1, 0.15) is 0 Å². The van der Waals surface area contributed by atoms with Crippen molar-refractivity contribution in [3.05, 3.63) is 18.0 Å². The first-order valence-corrected chi connectivity index (χ1v) is 4.95. The molecule has 82 valence electrons. The zero-order valence-corrected chi connectivity index (χ0v) is 9.54. The van der Waals surface area contributed by atoms with Crippen LogP contribution in [0.25, 0.3) is 0 Å². The maximum atomic E-state index is 11.7. The van der Waals surface area contributed by atoms with Crippen molar-refractivity contribution < 1.29 is 4.79 Å². The topological polar surface area (TPSA) is 75.0 Å². The number of hydrogen-bond donors (Lipinski definition) is 2. The van der Waals surface area contributed by atoms with Gasteiger partial charge in [-0.1, -0.05) is 12.2 Å². The number of amides is 1. The van der Waals surface area contributed by atoms with E-state index in [0.717, 1.165) is 5.56 Å². The van der Waals surface area contributed by atoms with Crippen LogP contribution in [0.5, 0.6) is 0 Å². The SMILES string of the molecule is CC(C(=O)N(C)Cc1cn[nH]c1)C(N)=S. The van der Waals surface area contributed by atoms with Gasteiger partial charge in [-0.3, -0.25) is 9.89 Å². The highest BCUT2D eigenvalue weighted by atomic mass is 32.1. The first kappa shape index (κ1) is 11.6. The fourth-order valence-corrected chi connectivity index (χ4v) is 1.27. The first-order chi connectivity index (χ1) is 7.02. The number of nitrogens with one attached hydrogen (secondary N) is 1. The van der Waals surface area contributed by atoms with E-state index in [4.69, 9.17) is 18.0 Å². The lowest BCUT2D eigenvalue weighted by atomic mass is 10.1. The van der Waals surface area contributed by atoms with Crippen molar-refractivity contribution in [1.82, 2.24) is 15.1 Å². The monoisotopic (exact) mass is 226 g/mol. The first-order valence-electron chi connectivity index (χ1n) is 4.54. The van der Waals surface area contributed by atoms with Crippen LogP contribution < -0.4 is 5.73 Å². The normalized spacial score (nSPS) is 12.1. The lowest BCUT2D eigenvalue weighted by Crippen LogP contribution is -2.37. The molecule has 1 heterocycles. The molecule has 1 rings (SSSR count). The Hall–Kier alpha value is -1.43. The van der Waals surface area contributed by atoms with E-state index in [9.17, 15) is 4.79 Å². The highest BCUT2D eigenvalue weighted by Crippen LogP contribution is 2.05. The molecule has 0 spiro atoms. The predicted molar refractivity (Wildman–Crippen MR) is 61.0 cm³/mol. The zero-order valence-electron chi connectivity index (χ0n) is 8.73. The molecule has 0 bridgehead atoms. The average molecular weight is 226 g/mol. The molecular formula is C9H14N4OS. The van der Waals surface area contributed by atoms with Crippen LogP contribution in [-0.4, -0.2) is 33.0 Å². The van der Waals surface area contributed by atoms with Crippen molar-refractivity contribution in [2.24, 2.45) is 11.7 Å². The number of thiocarbonyl (C=S) groups is 1. The van der Waals surface area contributed by atoms with E-state index in [2.05, 4.69) is 10.2 Å². The second-order valence-corrected chi connectivity index (χ2v) is 3.90. The van der Waals surface area contributed by atoms with Crippen LogP contribution in [0.3, 0.4) is 0 Å². The standard InChI is InChI=1S/C9H14N4OS/c1-6(8(10)15)9(14)13(2)5-7-3-11-12-4-7/h3-4,6H,5H2,1-2H3,(H2,10,15)(H,11,12). The summed E-state index contributed by atoms with van der Waals surface area (Å²) in [6.45, 7) is 2.21. The molecule has 0 aliphatic heterocycles. The summed E-state index contributed by atoms with van der Waals surface area (Å²) in [5.41, 5.74) is 6.36. The Kier molecular flexibility index (Phi) is 3.79. The molecule has 0 fully saturated rings. The molecule has 3 N–H and O–H groups in total. The molecule has 1 aromatic heterocycles. The highest BCUT2D eigenvalue weighted by Gasteiger charge is 2.19. The number of hydrogen-bond acceptors (Lipinski definition) is 3. The predicted octanol–water partition coefficient (Wildman–Crippen LogP) is 0.290. The van der Waals surface area contributed by atoms with Crippen molar-refractivity contribution in [2.75, 3.05) is 7.05 Å². The Bertz CT molecular complexity index is 349. The largest absolute Gasteiger partial charge is 0.393 e. The van der Waals surface area contributed by atoms with Crippen molar-refractivity contribution in [3.8, 4) is 0 Å². The molecule has 0 radical (unpaired) electrons. The van der Waals surface area contributed by atoms with E-state index in [1.807, 2.05) is 0 Å².